The van der Waals surface area contributed by atoms with Gasteiger partial charge in [-0.05, 0) is 43.4 Å². The highest BCUT2D eigenvalue weighted by molar-refractivity contribution is 5.76. The molecule has 0 saturated carbocycles. The molecule has 0 fully saturated rings. The number of hydrogen-bond acceptors (Lipinski definition) is 2. The van der Waals surface area contributed by atoms with Crippen molar-refractivity contribution in [3.05, 3.63) is 35.4 Å². The van der Waals surface area contributed by atoms with Crippen LogP contribution in [-0.2, 0) is 11.2 Å². The number of aryl methyl sites for hydroxylation is 1. The molecule has 3 nitrogen and oxygen atoms in total. The highest BCUT2D eigenvalue weighted by atomic mass is 16.1. The number of amides is 1. The van der Waals surface area contributed by atoms with Gasteiger partial charge in [0.05, 0.1) is 11.6 Å². The minimum Gasteiger partial charge on any atom is -0.354 e. The van der Waals surface area contributed by atoms with Crippen molar-refractivity contribution >= 4 is 5.91 Å². The number of rotatable bonds is 8. The molecule has 0 aliphatic rings. The first-order valence-corrected chi connectivity index (χ1v) is 7.79. The summed E-state index contributed by atoms with van der Waals surface area (Å²) >= 11 is 0. The fourth-order valence-corrected chi connectivity index (χ4v) is 2.26. The smallest absolute Gasteiger partial charge is 0.220 e. The van der Waals surface area contributed by atoms with Crippen molar-refractivity contribution in [2.45, 2.75) is 58.9 Å². The van der Waals surface area contributed by atoms with E-state index in [4.69, 9.17) is 5.26 Å². The predicted molar refractivity (Wildman–Crippen MR) is 85.8 cm³/mol. The quantitative estimate of drug-likeness (QED) is 0.789. The second kappa shape index (κ2) is 9.18. The van der Waals surface area contributed by atoms with Crippen LogP contribution in [0, 0.1) is 17.2 Å². The highest BCUT2D eigenvalue weighted by Crippen LogP contribution is 2.09. The van der Waals surface area contributed by atoms with Crippen molar-refractivity contribution in [1.29, 1.82) is 5.26 Å². The SMILES string of the molecule is CC(C)CCCC(C)NC(=O)CCc1ccc(C#N)cc1. The molecule has 0 spiro atoms. The Morgan fingerprint density at radius 2 is 1.86 bits per heavy atom. The van der Waals surface area contributed by atoms with E-state index >= 15 is 0 Å². The fourth-order valence-electron chi connectivity index (χ4n) is 2.26. The van der Waals surface area contributed by atoms with E-state index in [1.165, 1.54) is 6.42 Å². The van der Waals surface area contributed by atoms with Gasteiger partial charge in [0.15, 0.2) is 0 Å². The van der Waals surface area contributed by atoms with E-state index in [1.54, 1.807) is 12.1 Å². The molecule has 21 heavy (non-hydrogen) atoms. The van der Waals surface area contributed by atoms with Gasteiger partial charge in [0.2, 0.25) is 5.91 Å². The fraction of sp³-hybridized carbons (Fsp3) is 0.556. The van der Waals surface area contributed by atoms with Gasteiger partial charge in [-0.15, -0.1) is 0 Å². The summed E-state index contributed by atoms with van der Waals surface area (Å²) in [6.45, 7) is 6.52. The second-order valence-corrected chi connectivity index (χ2v) is 6.10. The number of hydrogen-bond donors (Lipinski definition) is 1. The molecule has 0 radical (unpaired) electrons. The van der Waals surface area contributed by atoms with Gasteiger partial charge in [-0.3, -0.25) is 4.79 Å². The van der Waals surface area contributed by atoms with Crippen molar-refractivity contribution in [1.82, 2.24) is 5.32 Å². The molecule has 1 atom stereocenters. The molecule has 0 aliphatic carbocycles. The van der Waals surface area contributed by atoms with Crippen molar-refractivity contribution in [2.24, 2.45) is 5.92 Å². The van der Waals surface area contributed by atoms with Gasteiger partial charge in [-0.25, -0.2) is 0 Å². The summed E-state index contributed by atoms with van der Waals surface area (Å²) in [6.07, 6.45) is 4.64. The van der Waals surface area contributed by atoms with Crippen LogP contribution in [0.4, 0.5) is 0 Å². The number of benzene rings is 1. The third-order valence-electron chi connectivity index (χ3n) is 3.55. The molecule has 1 aromatic carbocycles. The molecular formula is C18H26N2O. The lowest BCUT2D eigenvalue weighted by molar-refractivity contribution is -0.121. The molecule has 1 rings (SSSR count). The first-order chi connectivity index (χ1) is 10.0. The van der Waals surface area contributed by atoms with E-state index in [0.29, 0.717) is 12.0 Å². The third kappa shape index (κ3) is 7.51. The normalized spacial score (nSPS) is 12.0. The maximum absolute atomic E-state index is 11.9. The zero-order valence-corrected chi connectivity index (χ0v) is 13.4. The van der Waals surface area contributed by atoms with E-state index in [2.05, 4.69) is 32.2 Å². The molecule has 1 aromatic rings. The largest absolute Gasteiger partial charge is 0.354 e. The second-order valence-electron chi connectivity index (χ2n) is 6.10. The maximum Gasteiger partial charge on any atom is 0.220 e. The molecule has 3 heteroatoms. The van der Waals surface area contributed by atoms with Crippen LogP contribution in [0.3, 0.4) is 0 Å². The molecule has 0 heterocycles. The number of carbonyl (C=O) groups is 1. The molecule has 0 aromatic heterocycles. The van der Waals surface area contributed by atoms with Gasteiger partial charge >= 0.3 is 0 Å². The van der Waals surface area contributed by atoms with Crippen LogP contribution in [-0.4, -0.2) is 11.9 Å². The minimum atomic E-state index is 0.108. The molecule has 0 bridgehead atoms. The van der Waals surface area contributed by atoms with Crippen LogP contribution < -0.4 is 5.32 Å². The zero-order chi connectivity index (χ0) is 15.7. The average molecular weight is 286 g/mol. The topological polar surface area (TPSA) is 52.9 Å². The third-order valence-corrected chi connectivity index (χ3v) is 3.55. The van der Waals surface area contributed by atoms with Gasteiger partial charge in [0.25, 0.3) is 0 Å². The molecule has 0 saturated heterocycles. The Balaban J connectivity index is 2.25. The van der Waals surface area contributed by atoms with Gasteiger partial charge in [-0.2, -0.15) is 5.26 Å². The summed E-state index contributed by atoms with van der Waals surface area (Å²) in [6, 6.07) is 9.76. The van der Waals surface area contributed by atoms with Crippen LogP contribution in [0.5, 0.6) is 0 Å². The monoisotopic (exact) mass is 286 g/mol. The van der Waals surface area contributed by atoms with Crippen LogP contribution in [0.2, 0.25) is 0 Å². The van der Waals surface area contributed by atoms with Gasteiger partial charge in [0, 0.05) is 12.5 Å². The summed E-state index contributed by atoms with van der Waals surface area (Å²) in [5.74, 6) is 0.834. The average Bonchev–Trinajstić information content (AvgIpc) is 2.45. The summed E-state index contributed by atoms with van der Waals surface area (Å²) in [7, 11) is 0. The summed E-state index contributed by atoms with van der Waals surface area (Å²) in [5.41, 5.74) is 1.75. The van der Waals surface area contributed by atoms with Crippen molar-refractivity contribution < 1.29 is 4.79 Å². The zero-order valence-electron chi connectivity index (χ0n) is 13.4. The molecular weight excluding hydrogens is 260 g/mol. The van der Waals surface area contributed by atoms with Crippen LogP contribution in [0.25, 0.3) is 0 Å². The first-order valence-electron chi connectivity index (χ1n) is 7.79. The summed E-state index contributed by atoms with van der Waals surface area (Å²) in [5, 5.41) is 11.8. The maximum atomic E-state index is 11.9. The van der Waals surface area contributed by atoms with Crippen molar-refractivity contribution in [3.8, 4) is 6.07 Å². The van der Waals surface area contributed by atoms with Crippen LogP contribution in [0.15, 0.2) is 24.3 Å². The van der Waals surface area contributed by atoms with Crippen molar-refractivity contribution in [3.63, 3.8) is 0 Å². The molecule has 1 N–H and O–H groups in total. The van der Waals surface area contributed by atoms with E-state index in [-0.39, 0.29) is 11.9 Å². The molecule has 1 unspecified atom stereocenters. The minimum absolute atomic E-state index is 0.108. The Bertz CT molecular complexity index is 471. The lowest BCUT2D eigenvalue weighted by Crippen LogP contribution is -2.32. The molecule has 114 valence electrons. The summed E-state index contributed by atoms with van der Waals surface area (Å²) < 4.78 is 0. The number of nitrogens with one attached hydrogen (secondary N) is 1. The van der Waals surface area contributed by atoms with E-state index in [9.17, 15) is 4.79 Å². The Hall–Kier alpha value is -1.82. The van der Waals surface area contributed by atoms with Crippen molar-refractivity contribution in [2.75, 3.05) is 0 Å². The Labute approximate surface area is 128 Å². The van der Waals surface area contributed by atoms with Gasteiger partial charge < -0.3 is 5.32 Å². The lowest BCUT2D eigenvalue weighted by Gasteiger charge is -2.14. The Morgan fingerprint density at radius 1 is 1.19 bits per heavy atom. The summed E-state index contributed by atoms with van der Waals surface area (Å²) in [4.78, 5) is 11.9. The first kappa shape index (κ1) is 17.2. The van der Waals surface area contributed by atoms with E-state index in [0.717, 1.165) is 30.7 Å². The number of carbonyl (C=O) groups excluding carboxylic acids is 1. The molecule has 0 aliphatic heterocycles. The van der Waals surface area contributed by atoms with Crippen LogP contribution in [0.1, 0.15) is 57.6 Å². The standard InChI is InChI=1S/C18H26N2O/c1-14(2)5-4-6-15(3)20-18(21)12-11-16-7-9-17(13-19)10-8-16/h7-10,14-15H,4-6,11-12H2,1-3H3,(H,20,21). The lowest BCUT2D eigenvalue weighted by atomic mass is 10.0. The van der Waals surface area contributed by atoms with Gasteiger partial charge in [-0.1, -0.05) is 38.8 Å². The van der Waals surface area contributed by atoms with Crippen LogP contribution >= 0.6 is 0 Å². The molecule has 1 amide bonds. The Morgan fingerprint density at radius 3 is 2.43 bits per heavy atom. The number of nitrogens with zero attached hydrogens (tertiary/aromatic N) is 1. The highest BCUT2D eigenvalue weighted by Gasteiger charge is 2.08. The predicted octanol–water partition coefficient (Wildman–Crippen LogP) is 3.82. The number of nitriles is 1. The van der Waals surface area contributed by atoms with E-state index in [1.807, 2.05) is 12.1 Å². The Kier molecular flexibility index (Phi) is 7.53. The van der Waals surface area contributed by atoms with Gasteiger partial charge in [0.1, 0.15) is 0 Å². The van der Waals surface area contributed by atoms with E-state index < -0.39 is 0 Å².